The van der Waals surface area contributed by atoms with Crippen molar-refractivity contribution >= 4 is 17.3 Å². The monoisotopic (exact) mass is 283 g/mol. The second-order valence-corrected chi connectivity index (χ2v) is 5.95. The molecule has 1 saturated heterocycles. The van der Waals surface area contributed by atoms with Gasteiger partial charge in [-0.3, -0.25) is 9.69 Å². The van der Waals surface area contributed by atoms with Crippen LogP contribution in [-0.4, -0.2) is 48.3 Å². The third kappa shape index (κ3) is 3.78. The van der Waals surface area contributed by atoms with E-state index in [0.717, 1.165) is 25.9 Å². The number of nitrogens with zero attached hydrogens (tertiary/aromatic N) is 1. The molecule has 5 heteroatoms. The Hall–Kier alpha value is -0.910. The summed E-state index contributed by atoms with van der Waals surface area (Å²) in [5.74, 6) is -1.12. The van der Waals surface area contributed by atoms with E-state index in [0.29, 0.717) is 13.2 Å². The van der Waals surface area contributed by atoms with Gasteiger partial charge in [0.25, 0.3) is 0 Å². The van der Waals surface area contributed by atoms with E-state index in [4.69, 9.17) is 4.74 Å². The van der Waals surface area contributed by atoms with Gasteiger partial charge in [0, 0.05) is 17.5 Å². The quantitative estimate of drug-likeness (QED) is 0.832. The van der Waals surface area contributed by atoms with E-state index in [1.165, 1.54) is 4.88 Å². The van der Waals surface area contributed by atoms with Gasteiger partial charge in [-0.1, -0.05) is 13.0 Å². The Morgan fingerprint density at radius 1 is 1.53 bits per heavy atom. The molecule has 1 aromatic heterocycles. The first kappa shape index (κ1) is 14.5. The van der Waals surface area contributed by atoms with Crippen LogP contribution in [0, 0.1) is 5.92 Å². The van der Waals surface area contributed by atoms with E-state index in [1.54, 1.807) is 11.3 Å². The molecule has 1 aliphatic rings. The van der Waals surface area contributed by atoms with E-state index in [-0.39, 0.29) is 12.0 Å². The first-order valence-corrected chi connectivity index (χ1v) is 7.67. The molecule has 0 aromatic carbocycles. The Morgan fingerprint density at radius 3 is 3.00 bits per heavy atom. The van der Waals surface area contributed by atoms with E-state index in [2.05, 4.69) is 29.3 Å². The highest BCUT2D eigenvalue weighted by atomic mass is 32.1. The Bertz CT molecular complexity index is 393. The molecule has 4 nitrogen and oxygen atoms in total. The molecule has 1 aromatic rings. The predicted octanol–water partition coefficient (Wildman–Crippen LogP) is 2.10. The Labute approximate surface area is 118 Å². The van der Waals surface area contributed by atoms with Crippen LogP contribution in [-0.2, 0) is 16.0 Å². The van der Waals surface area contributed by atoms with Gasteiger partial charge in [-0.05, 0) is 30.8 Å². The molecule has 1 aliphatic heterocycles. The van der Waals surface area contributed by atoms with Crippen molar-refractivity contribution in [3.05, 3.63) is 22.4 Å². The lowest BCUT2D eigenvalue weighted by Crippen LogP contribution is -2.44. The van der Waals surface area contributed by atoms with Gasteiger partial charge in [-0.25, -0.2) is 0 Å². The fraction of sp³-hybridized carbons (Fsp3) is 0.643. The van der Waals surface area contributed by atoms with Crippen LogP contribution in [0.15, 0.2) is 17.5 Å². The maximum Gasteiger partial charge on any atom is 0.310 e. The first-order chi connectivity index (χ1) is 9.22. The van der Waals surface area contributed by atoms with Crippen LogP contribution >= 0.6 is 11.3 Å². The fourth-order valence-corrected chi connectivity index (χ4v) is 3.28. The third-order valence-corrected chi connectivity index (χ3v) is 4.51. The average molecular weight is 283 g/mol. The standard InChI is InChI=1S/C14H21NO3S/c1-2-6-15(7-5-11-4-3-8-19-11)13-10-18-9-12(13)14(16)17/h3-4,8,12-13H,2,5-7,9-10H2,1H3,(H,16,17). The van der Waals surface area contributed by atoms with E-state index < -0.39 is 5.97 Å². The molecule has 2 heterocycles. The molecule has 2 atom stereocenters. The number of hydrogen-bond donors (Lipinski definition) is 1. The van der Waals surface area contributed by atoms with Crippen molar-refractivity contribution in [2.24, 2.45) is 5.92 Å². The van der Waals surface area contributed by atoms with Crippen molar-refractivity contribution in [3.8, 4) is 0 Å². The lowest BCUT2D eigenvalue weighted by Gasteiger charge is -2.29. The number of carboxylic acids is 1. The molecule has 0 radical (unpaired) electrons. The number of ether oxygens (including phenoxy) is 1. The largest absolute Gasteiger partial charge is 0.481 e. The number of aliphatic carboxylic acids is 1. The molecular formula is C14H21NO3S. The molecule has 1 fully saturated rings. The molecule has 19 heavy (non-hydrogen) atoms. The van der Waals surface area contributed by atoms with Crippen molar-refractivity contribution in [1.29, 1.82) is 0 Å². The molecule has 0 spiro atoms. The minimum absolute atomic E-state index is 0.0254. The summed E-state index contributed by atoms with van der Waals surface area (Å²) in [6, 6.07) is 4.22. The zero-order chi connectivity index (χ0) is 13.7. The molecule has 0 aliphatic carbocycles. The number of rotatable bonds is 7. The van der Waals surface area contributed by atoms with Gasteiger partial charge in [0.1, 0.15) is 0 Å². The van der Waals surface area contributed by atoms with Crippen LogP contribution in [0.3, 0.4) is 0 Å². The van der Waals surface area contributed by atoms with Gasteiger partial charge in [-0.2, -0.15) is 0 Å². The van der Waals surface area contributed by atoms with Crippen molar-refractivity contribution in [3.63, 3.8) is 0 Å². The molecule has 106 valence electrons. The minimum atomic E-state index is -0.736. The van der Waals surface area contributed by atoms with Gasteiger partial charge in [-0.15, -0.1) is 11.3 Å². The van der Waals surface area contributed by atoms with Crippen LogP contribution < -0.4 is 0 Å². The summed E-state index contributed by atoms with van der Waals surface area (Å²) in [6.45, 7) is 4.86. The summed E-state index contributed by atoms with van der Waals surface area (Å²) in [4.78, 5) is 14.9. The van der Waals surface area contributed by atoms with Gasteiger partial charge in [0.2, 0.25) is 0 Å². The zero-order valence-electron chi connectivity index (χ0n) is 11.2. The molecule has 0 bridgehead atoms. The second-order valence-electron chi connectivity index (χ2n) is 4.91. The van der Waals surface area contributed by atoms with E-state index >= 15 is 0 Å². The highest BCUT2D eigenvalue weighted by Gasteiger charge is 2.37. The molecule has 0 saturated carbocycles. The topological polar surface area (TPSA) is 49.8 Å². The summed E-state index contributed by atoms with van der Waals surface area (Å²) >= 11 is 1.76. The Balaban J connectivity index is 1.96. The van der Waals surface area contributed by atoms with Crippen LogP contribution in [0.1, 0.15) is 18.2 Å². The number of hydrogen-bond acceptors (Lipinski definition) is 4. The van der Waals surface area contributed by atoms with Crippen LogP contribution in [0.2, 0.25) is 0 Å². The van der Waals surface area contributed by atoms with Crippen molar-refractivity contribution in [1.82, 2.24) is 4.90 Å². The molecule has 2 unspecified atom stereocenters. The summed E-state index contributed by atoms with van der Waals surface area (Å²) in [7, 11) is 0. The lowest BCUT2D eigenvalue weighted by atomic mass is 10.0. The number of carbonyl (C=O) groups is 1. The predicted molar refractivity (Wildman–Crippen MR) is 75.6 cm³/mol. The molecule has 2 rings (SSSR count). The normalized spacial score (nSPS) is 23.1. The lowest BCUT2D eigenvalue weighted by molar-refractivity contribution is -0.143. The van der Waals surface area contributed by atoms with Crippen LogP contribution in [0.25, 0.3) is 0 Å². The van der Waals surface area contributed by atoms with Crippen LogP contribution in [0.5, 0.6) is 0 Å². The maximum atomic E-state index is 11.2. The van der Waals surface area contributed by atoms with Crippen molar-refractivity contribution in [2.75, 3.05) is 26.3 Å². The first-order valence-electron chi connectivity index (χ1n) is 6.79. The van der Waals surface area contributed by atoms with E-state index in [9.17, 15) is 9.90 Å². The number of carboxylic acid groups (broad SMARTS) is 1. The minimum Gasteiger partial charge on any atom is -0.481 e. The smallest absolute Gasteiger partial charge is 0.310 e. The maximum absolute atomic E-state index is 11.2. The average Bonchev–Trinajstić information content (AvgIpc) is 3.05. The summed E-state index contributed by atoms with van der Waals surface area (Å²) in [5, 5.41) is 11.3. The highest BCUT2D eigenvalue weighted by molar-refractivity contribution is 7.09. The zero-order valence-corrected chi connectivity index (χ0v) is 12.1. The van der Waals surface area contributed by atoms with Crippen molar-refractivity contribution < 1.29 is 14.6 Å². The van der Waals surface area contributed by atoms with Gasteiger partial charge >= 0.3 is 5.97 Å². The Morgan fingerprint density at radius 2 is 2.37 bits per heavy atom. The summed E-state index contributed by atoms with van der Waals surface area (Å²) < 4.78 is 5.38. The van der Waals surface area contributed by atoms with Crippen molar-refractivity contribution in [2.45, 2.75) is 25.8 Å². The fourth-order valence-electron chi connectivity index (χ4n) is 2.58. The summed E-state index contributed by atoms with van der Waals surface area (Å²) in [6.07, 6.45) is 2.02. The van der Waals surface area contributed by atoms with E-state index in [1.807, 2.05) is 0 Å². The van der Waals surface area contributed by atoms with Crippen LogP contribution in [0.4, 0.5) is 0 Å². The SMILES string of the molecule is CCCN(CCc1cccs1)C1COCC1C(=O)O. The van der Waals surface area contributed by atoms with Gasteiger partial charge in [0.05, 0.1) is 19.1 Å². The second kappa shape index (κ2) is 7.03. The summed E-state index contributed by atoms with van der Waals surface area (Å²) in [5.41, 5.74) is 0. The number of thiophene rings is 1. The molecular weight excluding hydrogens is 262 g/mol. The Kier molecular flexibility index (Phi) is 5.36. The third-order valence-electron chi connectivity index (χ3n) is 3.57. The highest BCUT2D eigenvalue weighted by Crippen LogP contribution is 2.21. The molecule has 1 N–H and O–H groups in total. The molecule has 0 amide bonds. The van der Waals surface area contributed by atoms with Gasteiger partial charge < -0.3 is 9.84 Å². The van der Waals surface area contributed by atoms with Gasteiger partial charge in [0.15, 0.2) is 0 Å².